The molecule has 0 saturated carbocycles. The molecule has 0 spiro atoms. The average molecular weight is 280 g/mol. The zero-order valence-electron chi connectivity index (χ0n) is 10.8. The highest BCUT2D eigenvalue weighted by Gasteiger charge is 2.52. The van der Waals surface area contributed by atoms with Crippen LogP contribution < -0.4 is 5.73 Å². The Morgan fingerprint density at radius 2 is 2.25 bits per heavy atom. The number of fused-ring (bicyclic) bond motifs is 1. The molecule has 1 aliphatic heterocycles. The summed E-state index contributed by atoms with van der Waals surface area (Å²) in [7, 11) is 0. The van der Waals surface area contributed by atoms with Gasteiger partial charge in [-0.15, -0.1) is 0 Å². The van der Waals surface area contributed by atoms with Gasteiger partial charge in [-0.05, 0) is 13.0 Å². The largest absolute Gasteiger partial charge is 0.394 e. The number of ether oxygens (including phenoxy) is 1. The maximum absolute atomic E-state index is 10.2. The third kappa shape index (κ3) is 1.70. The van der Waals surface area contributed by atoms with Gasteiger partial charge < -0.3 is 30.4 Å². The van der Waals surface area contributed by atoms with E-state index in [1.54, 1.807) is 16.8 Å². The van der Waals surface area contributed by atoms with Gasteiger partial charge >= 0.3 is 0 Å². The lowest BCUT2D eigenvalue weighted by atomic mass is 9.95. The maximum Gasteiger partial charge on any atom is 0.164 e. The molecule has 8 nitrogen and oxygen atoms in total. The van der Waals surface area contributed by atoms with Crippen LogP contribution in [0.4, 0.5) is 5.82 Å². The molecule has 3 rings (SSSR count). The third-order valence-corrected chi connectivity index (χ3v) is 3.80. The van der Waals surface area contributed by atoms with E-state index in [0.717, 1.165) is 0 Å². The van der Waals surface area contributed by atoms with Crippen LogP contribution in [0.15, 0.2) is 18.6 Å². The monoisotopic (exact) mass is 280 g/mol. The van der Waals surface area contributed by atoms with Crippen LogP contribution in [-0.4, -0.2) is 54.3 Å². The normalized spacial score (nSPS) is 33.9. The van der Waals surface area contributed by atoms with Crippen LogP contribution in [0, 0.1) is 0 Å². The van der Waals surface area contributed by atoms with Crippen molar-refractivity contribution >= 4 is 16.9 Å². The summed E-state index contributed by atoms with van der Waals surface area (Å²) in [5, 5.41) is 30.3. The van der Waals surface area contributed by atoms with Crippen molar-refractivity contribution in [2.75, 3.05) is 12.3 Å². The quantitative estimate of drug-likeness (QED) is 0.556. The van der Waals surface area contributed by atoms with Gasteiger partial charge in [-0.1, -0.05) is 0 Å². The topological polar surface area (TPSA) is 127 Å². The van der Waals surface area contributed by atoms with Gasteiger partial charge in [0.05, 0.1) is 12.0 Å². The first kappa shape index (κ1) is 13.3. The van der Waals surface area contributed by atoms with E-state index < -0.39 is 30.6 Å². The van der Waals surface area contributed by atoms with Gasteiger partial charge in [-0.3, -0.25) is 0 Å². The molecular weight excluding hydrogens is 264 g/mol. The van der Waals surface area contributed by atoms with Crippen molar-refractivity contribution in [1.29, 1.82) is 0 Å². The van der Waals surface area contributed by atoms with Gasteiger partial charge in [-0.25, -0.2) is 9.97 Å². The summed E-state index contributed by atoms with van der Waals surface area (Å²) < 4.78 is 7.11. The SMILES string of the molecule is C[C@]1(O)[C@@H](CO)OC(n2ccc3c(N)ncnc32)[C@@H]1O. The molecule has 1 saturated heterocycles. The van der Waals surface area contributed by atoms with Crippen molar-refractivity contribution in [2.45, 2.75) is 31.0 Å². The number of nitrogens with zero attached hydrogens (tertiary/aromatic N) is 3. The Hall–Kier alpha value is -1.74. The van der Waals surface area contributed by atoms with Gasteiger partial charge in [0, 0.05) is 6.20 Å². The summed E-state index contributed by atoms with van der Waals surface area (Å²) in [6.45, 7) is 1.03. The molecule has 2 aromatic heterocycles. The molecule has 1 aliphatic rings. The van der Waals surface area contributed by atoms with Crippen LogP contribution in [0.5, 0.6) is 0 Å². The van der Waals surface area contributed by atoms with E-state index >= 15 is 0 Å². The first-order chi connectivity index (χ1) is 9.46. The fourth-order valence-corrected chi connectivity index (χ4v) is 2.50. The zero-order chi connectivity index (χ0) is 14.5. The molecule has 1 unspecified atom stereocenters. The van der Waals surface area contributed by atoms with Crippen LogP contribution in [0.25, 0.3) is 11.0 Å². The minimum Gasteiger partial charge on any atom is -0.394 e. The second-order valence-corrected chi connectivity index (χ2v) is 5.09. The van der Waals surface area contributed by atoms with Gasteiger partial charge in [0.1, 0.15) is 35.6 Å². The van der Waals surface area contributed by atoms with E-state index in [1.165, 1.54) is 13.3 Å². The average Bonchev–Trinajstić information content (AvgIpc) is 2.92. The third-order valence-electron chi connectivity index (χ3n) is 3.80. The second-order valence-electron chi connectivity index (χ2n) is 5.09. The molecule has 5 N–H and O–H groups in total. The van der Waals surface area contributed by atoms with E-state index in [-0.39, 0.29) is 0 Å². The highest BCUT2D eigenvalue weighted by Crippen LogP contribution is 2.38. The van der Waals surface area contributed by atoms with E-state index in [0.29, 0.717) is 16.9 Å². The van der Waals surface area contributed by atoms with Crippen molar-refractivity contribution in [3.8, 4) is 0 Å². The molecule has 0 aromatic carbocycles. The van der Waals surface area contributed by atoms with Crippen molar-refractivity contribution in [2.24, 2.45) is 0 Å². The summed E-state index contributed by atoms with van der Waals surface area (Å²) in [6.07, 6.45) is 0.0378. The van der Waals surface area contributed by atoms with E-state index in [1.807, 2.05) is 0 Å². The lowest BCUT2D eigenvalue weighted by Crippen LogP contribution is -2.46. The Labute approximate surface area is 114 Å². The summed E-state index contributed by atoms with van der Waals surface area (Å²) in [6, 6.07) is 1.71. The maximum atomic E-state index is 10.2. The number of hydrogen-bond donors (Lipinski definition) is 4. The zero-order valence-corrected chi connectivity index (χ0v) is 10.8. The van der Waals surface area contributed by atoms with Crippen molar-refractivity contribution in [1.82, 2.24) is 14.5 Å². The Kier molecular flexibility index (Phi) is 2.91. The second kappa shape index (κ2) is 4.38. The van der Waals surface area contributed by atoms with Crippen LogP contribution >= 0.6 is 0 Å². The van der Waals surface area contributed by atoms with Crippen LogP contribution in [-0.2, 0) is 4.74 Å². The van der Waals surface area contributed by atoms with Crippen LogP contribution in [0.1, 0.15) is 13.2 Å². The minimum atomic E-state index is -1.55. The molecule has 4 atom stereocenters. The highest BCUT2D eigenvalue weighted by atomic mass is 16.6. The Balaban J connectivity index is 2.06. The lowest BCUT2D eigenvalue weighted by Gasteiger charge is -2.25. The lowest BCUT2D eigenvalue weighted by molar-refractivity contribution is -0.0804. The van der Waals surface area contributed by atoms with Crippen molar-refractivity contribution in [3.63, 3.8) is 0 Å². The highest BCUT2D eigenvalue weighted by molar-refractivity contribution is 5.86. The fourth-order valence-electron chi connectivity index (χ4n) is 2.50. The number of aliphatic hydroxyl groups is 3. The number of aliphatic hydroxyl groups excluding tert-OH is 2. The van der Waals surface area contributed by atoms with Gasteiger partial charge in [0.25, 0.3) is 0 Å². The summed E-state index contributed by atoms with van der Waals surface area (Å²) in [4.78, 5) is 8.00. The summed E-state index contributed by atoms with van der Waals surface area (Å²) in [5.41, 5.74) is 4.70. The van der Waals surface area contributed by atoms with Crippen molar-refractivity contribution < 1.29 is 20.1 Å². The smallest absolute Gasteiger partial charge is 0.164 e. The first-order valence-corrected chi connectivity index (χ1v) is 6.20. The van der Waals surface area contributed by atoms with Gasteiger partial charge in [0.2, 0.25) is 0 Å². The Morgan fingerprint density at radius 3 is 2.90 bits per heavy atom. The Morgan fingerprint density at radius 1 is 1.50 bits per heavy atom. The molecule has 1 fully saturated rings. The molecule has 3 heterocycles. The van der Waals surface area contributed by atoms with Gasteiger partial charge in [-0.2, -0.15) is 0 Å². The van der Waals surface area contributed by atoms with Gasteiger partial charge in [0.15, 0.2) is 6.23 Å². The number of rotatable bonds is 2. The molecule has 0 aliphatic carbocycles. The molecule has 108 valence electrons. The number of hydrogen-bond acceptors (Lipinski definition) is 7. The Bertz CT molecular complexity index is 641. The molecule has 8 heteroatoms. The summed E-state index contributed by atoms with van der Waals surface area (Å²) in [5.74, 6) is 0.326. The van der Waals surface area contributed by atoms with Crippen molar-refractivity contribution in [3.05, 3.63) is 18.6 Å². The van der Waals surface area contributed by atoms with E-state index in [9.17, 15) is 15.3 Å². The predicted molar refractivity (Wildman–Crippen MR) is 69.6 cm³/mol. The van der Waals surface area contributed by atoms with E-state index in [2.05, 4.69) is 9.97 Å². The number of aromatic nitrogens is 3. The first-order valence-electron chi connectivity index (χ1n) is 6.20. The molecule has 0 bridgehead atoms. The summed E-state index contributed by atoms with van der Waals surface area (Å²) >= 11 is 0. The van der Waals surface area contributed by atoms with E-state index in [4.69, 9.17) is 10.5 Å². The molecule has 20 heavy (non-hydrogen) atoms. The van der Waals surface area contributed by atoms with Crippen LogP contribution in [0.3, 0.4) is 0 Å². The number of nitrogen functional groups attached to an aromatic ring is 1. The minimum absolute atomic E-state index is 0.326. The molecule has 2 aromatic rings. The fraction of sp³-hybridized carbons (Fsp3) is 0.500. The predicted octanol–water partition coefficient (Wildman–Crippen LogP) is -0.985. The number of nitrogens with two attached hydrogens (primary N) is 1. The molecular formula is C12H16N4O4. The molecule has 0 radical (unpaired) electrons. The standard InChI is InChI=1S/C12H16N4O4/c1-12(19)7(4-17)20-11(8(12)18)16-3-2-6-9(13)14-5-15-10(6)16/h2-3,5,7-8,11,17-19H,4H2,1H3,(H2,13,14,15)/t7-,8+,11?,12+/m1/s1. The number of anilines is 1. The molecule has 0 amide bonds. The van der Waals surface area contributed by atoms with Crippen LogP contribution in [0.2, 0.25) is 0 Å².